The SMILES string of the molecule is CC(C)(C)C1CCN(Cc2cccc(N)n2)CC1. The molecule has 2 N–H and O–H groups in total. The Balaban J connectivity index is 1.87. The minimum absolute atomic E-state index is 0.446. The molecule has 2 rings (SSSR count). The van der Waals surface area contributed by atoms with Crippen LogP contribution in [0.15, 0.2) is 18.2 Å². The van der Waals surface area contributed by atoms with Crippen molar-refractivity contribution >= 4 is 5.82 Å². The lowest BCUT2D eigenvalue weighted by atomic mass is 9.75. The van der Waals surface area contributed by atoms with Gasteiger partial charge < -0.3 is 5.73 Å². The van der Waals surface area contributed by atoms with Crippen LogP contribution in [-0.2, 0) is 6.54 Å². The number of anilines is 1. The summed E-state index contributed by atoms with van der Waals surface area (Å²) in [5, 5.41) is 0. The van der Waals surface area contributed by atoms with Gasteiger partial charge >= 0.3 is 0 Å². The zero-order valence-electron chi connectivity index (χ0n) is 11.8. The second-order valence-electron chi connectivity index (χ2n) is 6.47. The third kappa shape index (κ3) is 3.45. The highest BCUT2D eigenvalue weighted by Crippen LogP contribution is 2.34. The number of hydrogen-bond acceptors (Lipinski definition) is 3. The standard InChI is InChI=1S/C15H25N3/c1-15(2,3)12-7-9-18(10-8-12)11-13-5-4-6-14(16)17-13/h4-6,12H,7-11H2,1-3H3,(H2,16,17). The molecule has 1 aromatic heterocycles. The van der Waals surface area contributed by atoms with E-state index in [1.165, 1.54) is 25.9 Å². The minimum Gasteiger partial charge on any atom is -0.384 e. The van der Waals surface area contributed by atoms with Crippen molar-refractivity contribution in [2.45, 2.75) is 40.2 Å². The molecule has 0 atom stereocenters. The highest BCUT2D eigenvalue weighted by atomic mass is 15.1. The Morgan fingerprint density at radius 2 is 1.94 bits per heavy atom. The van der Waals surface area contributed by atoms with E-state index in [0.29, 0.717) is 11.2 Å². The van der Waals surface area contributed by atoms with Crippen LogP contribution in [0.1, 0.15) is 39.3 Å². The van der Waals surface area contributed by atoms with Gasteiger partial charge in [-0.2, -0.15) is 0 Å². The Hall–Kier alpha value is -1.09. The first-order valence-electron chi connectivity index (χ1n) is 6.89. The summed E-state index contributed by atoms with van der Waals surface area (Å²) in [5.74, 6) is 1.47. The average molecular weight is 247 g/mol. The predicted octanol–water partition coefficient (Wildman–Crippen LogP) is 2.92. The van der Waals surface area contributed by atoms with Gasteiger partial charge in [0.05, 0.1) is 5.69 Å². The van der Waals surface area contributed by atoms with Gasteiger partial charge in [-0.25, -0.2) is 4.98 Å². The first-order chi connectivity index (χ1) is 8.45. The average Bonchev–Trinajstić information content (AvgIpc) is 2.28. The Bertz CT molecular complexity index is 387. The van der Waals surface area contributed by atoms with Crippen molar-refractivity contribution in [1.29, 1.82) is 0 Å². The maximum atomic E-state index is 5.71. The molecule has 18 heavy (non-hydrogen) atoms. The maximum Gasteiger partial charge on any atom is 0.123 e. The summed E-state index contributed by atoms with van der Waals surface area (Å²) in [4.78, 5) is 6.86. The van der Waals surface area contributed by atoms with Gasteiger partial charge in [0.15, 0.2) is 0 Å². The van der Waals surface area contributed by atoms with Crippen molar-refractivity contribution in [3.8, 4) is 0 Å². The quantitative estimate of drug-likeness (QED) is 0.873. The molecule has 1 aliphatic rings. The zero-order valence-corrected chi connectivity index (χ0v) is 11.8. The number of pyridine rings is 1. The monoisotopic (exact) mass is 247 g/mol. The molecule has 0 saturated carbocycles. The molecule has 2 heterocycles. The molecular formula is C15H25N3. The molecule has 0 spiro atoms. The van der Waals surface area contributed by atoms with Crippen LogP contribution in [0, 0.1) is 11.3 Å². The van der Waals surface area contributed by atoms with Crippen LogP contribution in [0.3, 0.4) is 0 Å². The van der Waals surface area contributed by atoms with Crippen LogP contribution >= 0.6 is 0 Å². The number of nitrogens with two attached hydrogens (primary N) is 1. The fraction of sp³-hybridized carbons (Fsp3) is 0.667. The number of nitrogens with zero attached hydrogens (tertiary/aromatic N) is 2. The van der Waals surface area contributed by atoms with E-state index in [9.17, 15) is 0 Å². The summed E-state index contributed by atoms with van der Waals surface area (Å²) >= 11 is 0. The van der Waals surface area contributed by atoms with Gasteiger partial charge in [-0.15, -0.1) is 0 Å². The molecule has 0 radical (unpaired) electrons. The Kier molecular flexibility index (Phi) is 3.91. The summed E-state index contributed by atoms with van der Waals surface area (Å²) in [6.45, 7) is 10.4. The van der Waals surface area contributed by atoms with Crippen LogP contribution in [0.2, 0.25) is 0 Å². The number of likely N-dealkylation sites (tertiary alicyclic amines) is 1. The van der Waals surface area contributed by atoms with Crippen molar-refractivity contribution < 1.29 is 0 Å². The van der Waals surface area contributed by atoms with Gasteiger partial charge in [0.25, 0.3) is 0 Å². The van der Waals surface area contributed by atoms with Gasteiger partial charge in [-0.3, -0.25) is 4.90 Å². The molecule has 3 heteroatoms. The molecule has 1 aromatic rings. The summed E-state index contributed by atoms with van der Waals surface area (Å²) in [6, 6.07) is 5.89. The molecule has 3 nitrogen and oxygen atoms in total. The third-order valence-corrected chi connectivity index (χ3v) is 4.03. The number of aromatic nitrogens is 1. The summed E-state index contributed by atoms with van der Waals surface area (Å²) in [6.07, 6.45) is 2.59. The second kappa shape index (κ2) is 5.27. The normalized spacial score (nSPS) is 19.1. The predicted molar refractivity (Wildman–Crippen MR) is 76.1 cm³/mol. The summed E-state index contributed by atoms with van der Waals surface area (Å²) < 4.78 is 0. The van der Waals surface area contributed by atoms with E-state index < -0.39 is 0 Å². The zero-order chi connectivity index (χ0) is 13.2. The van der Waals surface area contributed by atoms with Gasteiger partial charge in [0.1, 0.15) is 5.82 Å². The molecule has 1 fully saturated rings. The smallest absolute Gasteiger partial charge is 0.123 e. The van der Waals surface area contributed by atoms with Crippen molar-refractivity contribution in [2.75, 3.05) is 18.8 Å². The van der Waals surface area contributed by atoms with Crippen LogP contribution in [-0.4, -0.2) is 23.0 Å². The second-order valence-corrected chi connectivity index (χ2v) is 6.47. The molecule has 1 aliphatic heterocycles. The van der Waals surface area contributed by atoms with E-state index >= 15 is 0 Å². The molecule has 0 unspecified atom stereocenters. The number of rotatable bonds is 2. The van der Waals surface area contributed by atoms with Crippen LogP contribution in [0.25, 0.3) is 0 Å². The lowest BCUT2D eigenvalue weighted by molar-refractivity contribution is 0.107. The molecule has 0 aromatic carbocycles. The van der Waals surface area contributed by atoms with Crippen LogP contribution in [0.4, 0.5) is 5.82 Å². The van der Waals surface area contributed by atoms with Crippen molar-refractivity contribution in [1.82, 2.24) is 9.88 Å². The van der Waals surface area contributed by atoms with Crippen molar-refractivity contribution in [3.63, 3.8) is 0 Å². The minimum atomic E-state index is 0.446. The van der Waals surface area contributed by atoms with Crippen molar-refractivity contribution in [3.05, 3.63) is 23.9 Å². The first-order valence-corrected chi connectivity index (χ1v) is 6.89. The summed E-state index contributed by atoms with van der Waals surface area (Å²) in [5.41, 5.74) is 7.25. The number of nitrogen functional groups attached to an aromatic ring is 1. The van der Waals surface area contributed by atoms with Crippen molar-refractivity contribution in [2.24, 2.45) is 11.3 Å². The van der Waals surface area contributed by atoms with Crippen LogP contribution < -0.4 is 5.73 Å². The third-order valence-electron chi connectivity index (χ3n) is 4.03. The van der Waals surface area contributed by atoms with E-state index in [1.54, 1.807) is 0 Å². The molecule has 0 amide bonds. The van der Waals surface area contributed by atoms with E-state index in [1.807, 2.05) is 12.1 Å². The highest BCUT2D eigenvalue weighted by Gasteiger charge is 2.28. The van der Waals surface area contributed by atoms with E-state index in [2.05, 4.69) is 36.7 Å². The Morgan fingerprint density at radius 3 is 2.50 bits per heavy atom. The van der Waals surface area contributed by atoms with E-state index in [4.69, 9.17) is 5.73 Å². The molecular weight excluding hydrogens is 222 g/mol. The molecule has 1 saturated heterocycles. The molecule has 100 valence electrons. The molecule has 0 aliphatic carbocycles. The summed E-state index contributed by atoms with van der Waals surface area (Å²) in [7, 11) is 0. The highest BCUT2D eigenvalue weighted by molar-refractivity contribution is 5.28. The number of piperidine rings is 1. The lowest BCUT2D eigenvalue weighted by Crippen LogP contribution is -2.37. The van der Waals surface area contributed by atoms with Gasteiger partial charge in [0.2, 0.25) is 0 Å². The Morgan fingerprint density at radius 1 is 1.28 bits per heavy atom. The topological polar surface area (TPSA) is 42.1 Å². The van der Waals surface area contributed by atoms with Crippen LogP contribution in [0.5, 0.6) is 0 Å². The fourth-order valence-electron chi connectivity index (χ4n) is 2.77. The number of hydrogen-bond donors (Lipinski definition) is 1. The molecule has 0 bridgehead atoms. The fourth-order valence-corrected chi connectivity index (χ4v) is 2.77. The van der Waals surface area contributed by atoms with E-state index in [0.717, 1.165) is 18.2 Å². The maximum absolute atomic E-state index is 5.71. The van der Waals surface area contributed by atoms with Gasteiger partial charge in [-0.05, 0) is 49.4 Å². The first kappa shape index (κ1) is 13.3. The Labute approximate surface area is 110 Å². The van der Waals surface area contributed by atoms with E-state index in [-0.39, 0.29) is 0 Å². The van der Waals surface area contributed by atoms with Gasteiger partial charge in [-0.1, -0.05) is 26.8 Å². The van der Waals surface area contributed by atoms with Gasteiger partial charge in [0, 0.05) is 6.54 Å². The lowest BCUT2D eigenvalue weighted by Gasteiger charge is -2.38. The largest absolute Gasteiger partial charge is 0.384 e.